The van der Waals surface area contributed by atoms with Crippen molar-refractivity contribution in [2.75, 3.05) is 38.9 Å². The van der Waals surface area contributed by atoms with Gasteiger partial charge in [0.1, 0.15) is 35.1 Å². The maximum atomic E-state index is 15.6. The van der Waals surface area contributed by atoms with Crippen molar-refractivity contribution in [3.63, 3.8) is 0 Å². The minimum atomic E-state index is -2.82. The first kappa shape index (κ1) is 35.9. The largest absolute Gasteiger partial charge is 0.497 e. The Morgan fingerprint density at radius 3 is 2.45 bits per heavy atom. The van der Waals surface area contributed by atoms with Gasteiger partial charge in [0, 0.05) is 55.5 Å². The average Bonchev–Trinajstić information content (AvgIpc) is 3.57. The second-order valence-electron chi connectivity index (χ2n) is 13.0. The number of carbonyl (C=O) groups is 2. The van der Waals surface area contributed by atoms with Gasteiger partial charge >= 0.3 is 6.09 Å². The molecule has 5 aromatic rings. The SMILES string of the molecule is [2H]C([2H])([2H])NC(=O)c1nnc(Cl)cc1Nc1cc(CN(Cc2ccc(OC)cc2OC)Cc2nc(NC(=O)OC(C)(C)C)ccc2F)cc(-c2ncn(C)n2)c1OC. The van der Waals surface area contributed by atoms with Crippen LogP contribution >= 0.6 is 11.6 Å². The molecule has 0 aliphatic heterocycles. The Kier molecular flexibility index (Phi) is 11.4. The van der Waals surface area contributed by atoms with Crippen LogP contribution in [-0.2, 0) is 31.4 Å². The summed E-state index contributed by atoms with van der Waals surface area (Å²) in [7, 11) is 6.19. The van der Waals surface area contributed by atoms with E-state index >= 15 is 4.39 Å². The molecule has 0 fully saturated rings. The predicted molar refractivity (Wildman–Crippen MR) is 203 cm³/mol. The van der Waals surface area contributed by atoms with E-state index in [1.54, 1.807) is 52.1 Å². The van der Waals surface area contributed by atoms with Crippen molar-refractivity contribution in [1.82, 2.24) is 40.2 Å². The van der Waals surface area contributed by atoms with Gasteiger partial charge in [0.15, 0.2) is 22.4 Å². The quantitative estimate of drug-likeness (QED) is 0.117. The van der Waals surface area contributed by atoms with Crippen molar-refractivity contribution in [3.05, 3.63) is 88.3 Å². The van der Waals surface area contributed by atoms with Crippen molar-refractivity contribution >= 4 is 40.8 Å². The van der Waals surface area contributed by atoms with Crippen LogP contribution in [0.3, 0.4) is 0 Å². The molecule has 2 amide bonds. The Hall–Kier alpha value is -6.07. The van der Waals surface area contributed by atoms with E-state index < -0.39 is 30.4 Å². The van der Waals surface area contributed by atoms with Gasteiger partial charge in [-0.3, -0.25) is 19.7 Å². The maximum absolute atomic E-state index is 15.6. The van der Waals surface area contributed by atoms with Gasteiger partial charge < -0.3 is 29.6 Å². The summed E-state index contributed by atoms with van der Waals surface area (Å²) in [6, 6.07) is 12.7. The molecule has 3 aromatic heterocycles. The minimum Gasteiger partial charge on any atom is -0.497 e. The Morgan fingerprint density at radius 1 is 0.982 bits per heavy atom. The first-order chi connectivity index (χ1) is 27.3. The van der Waals surface area contributed by atoms with E-state index in [9.17, 15) is 9.59 Å². The third-order valence-electron chi connectivity index (χ3n) is 7.77. The number of benzene rings is 2. The van der Waals surface area contributed by atoms with Crippen molar-refractivity contribution in [3.8, 4) is 28.6 Å². The lowest BCUT2D eigenvalue weighted by Crippen LogP contribution is -2.28. The molecular formula is C37H42ClFN10O6. The molecule has 55 heavy (non-hydrogen) atoms. The second-order valence-corrected chi connectivity index (χ2v) is 13.4. The van der Waals surface area contributed by atoms with E-state index in [-0.39, 0.29) is 64.9 Å². The van der Waals surface area contributed by atoms with Crippen LogP contribution in [0.1, 0.15) is 52.2 Å². The number of amides is 2. The predicted octanol–water partition coefficient (Wildman–Crippen LogP) is 6.14. The number of halogens is 2. The number of methoxy groups -OCH3 is 3. The summed E-state index contributed by atoms with van der Waals surface area (Å²) in [6.45, 7) is 2.59. The van der Waals surface area contributed by atoms with E-state index in [2.05, 4.69) is 35.9 Å². The summed E-state index contributed by atoms with van der Waals surface area (Å²) in [5, 5.41) is 19.6. The van der Waals surface area contributed by atoms with Crippen molar-refractivity contribution < 1.29 is 37.0 Å². The number of hydrogen-bond donors (Lipinski definition) is 3. The highest BCUT2D eigenvalue weighted by Gasteiger charge is 2.23. The summed E-state index contributed by atoms with van der Waals surface area (Å²) >= 11 is 6.20. The molecule has 3 N–H and O–H groups in total. The van der Waals surface area contributed by atoms with Gasteiger partial charge in [0.05, 0.1) is 44.0 Å². The third kappa shape index (κ3) is 10.3. The van der Waals surface area contributed by atoms with Crippen LogP contribution in [0.2, 0.25) is 5.15 Å². The molecule has 16 nitrogen and oxygen atoms in total. The van der Waals surface area contributed by atoms with E-state index in [1.807, 2.05) is 16.3 Å². The Bertz CT molecular complexity index is 2290. The van der Waals surface area contributed by atoms with Gasteiger partial charge in [0.25, 0.3) is 5.91 Å². The number of ether oxygens (including phenoxy) is 4. The molecule has 0 aliphatic carbocycles. The maximum Gasteiger partial charge on any atom is 0.413 e. The second kappa shape index (κ2) is 17.4. The highest BCUT2D eigenvalue weighted by Crippen LogP contribution is 2.39. The third-order valence-corrected chi connectivity index (χ3v) is 7.96. The number of anilines is 3. The molecule has 0 aliphatic rings. The Balaban J connectivity index is 1.61. The van der Waals surface area contributed by atoms with Gasteiger partial charge in [-0.2, -0.15) is 5.10 Å². The zero-order valence-corrected chi connectivity index (χ0v) is 31.9. The molecule has 0 saturated heterocycles. The summed E-state index contributed by atoms with van der Waals surface area (Å²) < 4.78 is 62.0. The first-order valence-electron chi connectivity index (χ1n) is 18.1. The van der Waals surface area contributed by atoms with Crippen molar-refractivity contribution in [2.24, 2.45) is 7.05 Å². The van der Waals surface area contributed by atoms with Gasteiger partial charge in [-0.15, -0.1) is 10.2 Å². The Labute approximate surface area is 326 Å². The summed E-state index contributed by atoms with van der Waals surface area (Å²) in [4.78, 5) is 36.4. The minimum absolute atomic E-state index is 0.0116. The van der Waals surface area contributed by atoms with E-state index in [0.717, 1.165) is 5.56 Å². The molecule has 2 aromatic carbocycles. The zero-order valence-electron chi connectivity index (χ0n) is 34.2. The van der Waals surface area contributed by atoms with Crippen LogP contribution in [0.4, 0.5) is 26.4 Å². The molecule has 290 valence electrons. The van der Waals surface area contributed by atoms with Crippen molar-refractivity contribution in [1.29, 1.82) is 0 Å². The van der Waals surface area contributed by atoms with Crippen LogP contribution in [0, 0.1) is 5.82 Å². The molecule has 18 heteroatoms. The molecule has 0 atom stereocenters. The van der Waals surface area contributed by atoms with Gasteiger partial charge in [-0.1, -0.05) is 17.7 Å². The fourth-order valence-corrected chi connectivity index (χ4v) is 5.64. The zero-order chi connectivity index (χ0) is 42.4. The van der Waals surface area contributed by atoms with E-state index in [0.29, 0.717) is 22.6 Å². The van der Waals surface area contributed by atoms with Crippen LogP contribution in [0.25, 0.3) is 11.4 Å². The number of aromatic nitrogens is 6. The number of nitrogens with zero attached hydrogens (tertiary/aromatic N) is 7. The average molecular weight is 780 g/mol. The topological polar surface area (TPSA) is 180 Å². The molecule has 0 unspecified atom stereocenters. The lowest BCUT2D eigenvalue weighted by atomic mass is 10.0. The number of nitrogens with one attached hydrogen (secondary N) is 3. The molecule has 5 rings (SSSR count). The number of hydrogen-bond acceptors (Lipinski definition) is 13. The van der Waals surface area contributed by atoms with Crippen LogP contribution < -0.4 is 30.2 Å². The molecule has 0 spiro atoms. The number of aryl methyl sites for hydroxylation is 1. The normalized spacial score (nSPS) is 12.3. The van der Waals surface area contributed by atoms with E-state index in [1.165, 1.54) is 50.5 Å². The number of rotatable bonds is 14. The Morgan fingerprint density at radius 2 is 1.78 bits per heavy atom. The van der Waals surface area contributed by atoms with Gasteiger partial charge in [-0.25, -0.2) is 19.2 Å². The van der Waals surface area contributed by atoms with Gasteiger partial charge in [-0.05, 0) is 56.7 Å². The summed E-state index contributed by atoms with van der Waals surface area (Å²) in [5.41, 5.74) is 0.947. The molecular weight excluding hydrogens is 735 g/mol. The summed E-state index contributed by atoms with van der Waals surface area (Å²) in [6.07, 6.45) is 0.754. The monoisotopic (exact) mass is 779 g/mol. The fourth-order valence-electron chi connectivity index (χ4n) is 5.49. The standard InChI is InChI=1S/C37H42ClFN10O6/c1-37(2,3)55-36(51)44-31-12-11-25(39)28(43-31)19-49(18-22-9-10-23(52-6)15-29(22)53-7)17-21-13-24(34-41-20-48(5)47-34)33(54-8)27(14-21)42-26-16-30(38)45-46-32(26)35(50)40-4/h9-16,20H,17-19H2,1-8H3,(H,40,50)(H,42,45)(H,43,44,51)/i4D3. The fraction of sp³-hybridized carbons (Fsp3) is 0.324. The van der Waals surface area contributed by atoms with Gasteiger partial charge in [0.2, 0.25) is 0 Å². The van der Waals surface area contributed by atoms with Crippen LogP contribution in [0.5, 0.6) is 17.2 Å². The number of pyridine rings is 1. The number of carbonyl (C=O) groups excluding carboxylic acids is 2. The molecule has 0 saturated carbocycles. The molecule has 0 radical (unpaired) electrons. The van der Waals surface area contributed by atoms with E-state index in [4.69, 9.17) is 34.7 Å². The smallest absolute Gasteiger partial charge is 0.413 e. The lowest BCUT2D eigenvalue weighted by Gasteiger charge is -2.25. The van der Waals surface area contributed by atoms with Crippen LogP contribution in [-0.4, -0.2) is 80.8 Å². The van der Waals surface area contributed by atoms with Crippen LogP contribution in [0.15, 0.2) is 54.9 Å². The summed E-state index contributed by atoms with van der Waals surface area (Å²) in [5.74, 6) is 0.0349. The molecule has 3 heterocycles. The first-order valence-corrected chi connectivity index (χ1v) is 17.0. The molecule has 0 bridgehead atoms. The highest BCUT2D eigenvalue weighted by molar-refractivity contribution is 6.29. The lowest BCUT2D eigenvalue weighted by molar-refractivity contribution is 0.0635. The highest BCUT2D eigenvalue weighted by atomic mass is 35.5. The van der Waals surface area contributed by atoms with Crippen molar-refractivity contribution in [2.45, 2.75) is 46.0 Å².